The highest BCUT2D eigenvalue weighted by Gasteiger charge is 2.06. The molecule has 3 aromatic carbocycles. The normalized spacial score (nSPS) is 8.71. The highest BCUT2D eigenvalue weighted by atomic mass is 16.1. The molecule has 0 fully saturated rings. The summed E-state index contributed by atoms with van der Waals surface area (Å²) in [6.45, 7) is 12.1. The van der Waals surface area contributed by atoms with Gasteiger partial charge < -0.3 is 10.8 Å². The first-order chi connectivity index (χ1) is 14.7. The van der Waals surface area contributed by atoms with Crippen LogP contribution < -0.4 is 5.32 Å². The Hall–Kier alpha value is -3.35. The summed E-state index contributed by atoms with van der Waals surface area (Å²) in [4.78, 5) is 12.4. The number of para-hydroxylation sites is 1. The van der Waals surface area contributed by atoms with Gasteiger partial charge in [-0.15, -0.1) is 0 Å². The third kappa shape index (κ3) is 8.90. The number of carbonyl (C=O) groups is 1. The number of hydrogen-bond acceptors (Lipinski definition) is 1. The Morgan fingerprint density at radius 1 is 0.839 bits per heavy atom. The molecule has 3 N–H and O–H groups in total. The van der Waals surface area contributed by atoms with E-state index in [1.807, 2.05) is 83.1 Å². The van der Waals surface area contributed by atoms with Gasteiger partial charge in [0.2, 0.25) is 0 Å². The molecule has 3 aromatic rings. The van der Waals surface area contributed by atoms with E-state index in [2.05, 4.69) is 36.2 Å². The van der Waals surface area contributed by atoms with E-state index in [9.17, 15) is 4.79 Å². The van der Waals surface area contributed by atoms with Crippen LogP contribution >= 0.6 is 0 Å². The molecule has 0 aliphatic rings. The van der Waals surface area contributed by atoms with Crippen molar-refractivity contribution in [2.24, 2.45) is 0 Å². The van der Waals surface area contributed by atoms with Crippen molar-refractivity contribution in [2.45, 2.75) is 48.0 Å². The van der Waals surface area contributed by atoms with Gasteiger partial charge in [0.25, 0.3) is 5.91 Å². The SMILES string of the molecule is CC.CC.CCc1cccc(C#Cc2ccc(C(=O)Nc3ccccc3C)cc2)c1.O.[HH].[HH]. The Balaban J connectivity index is -0.00000122. The number of amides is 1. The van der Waals surface area contributed by atoms with Crippen molar-refractivity contribution in [3.8, 4) is 11.8 Å². The molecule has 31 heavy (non-hydrogen) atoms. The van der Waals surface area contributed by atoms with Crippen LogP contribution in [0.5, 0.6) is 0 Å². The second kappa shape index (κ2) is 15.5. The summed E-state index contributed by atoms with van der Waals surface area (Å²) in [5.74, 6) is 6.22. The van der Waals surface area contributed by atoms with Crippen molar-refractivity contribution in [1.82, 2.24) is 0 Å². The molecule has 0 heterocycles. The van der Waals surface area contributed by atoms with E-state index in [1.165, 1.54) is 5.56 Å². The van der Waals surface area contributed by atoms with Gasteiger partial charge in [0, 0.05) is 25.2 Å². The van der Waals surface area contributed by atoms with Crippen molar-refractivity contribution in [1.29, 1.82) is 0 Å². The van der Waals surface area contributed by atoms with Crippen molar-refractivity contribution in [3.63, 3.8) is 0 Å². The Bertz CT molecular complexity index is 991. The van der Waals surface area contributed by atoms with E-state index in [-0.39, 0.29) is 14.2 Å². The first-order valence-corrected chi connectivity index (χ1v) is 10.7. The minimum absolute atomic E-state index is 0. The van der Waals surface area contributed by atoms with Gasteiger partial charge in [-0.05, 0) is 66.9 Å². The Labute approximate surface area is 190 Å². The van der Waals surface area contributed by atoms with E-state index in [0.717, 1.165) is 28.8 Å². The maximum atomic E-state index is 12.4. The smallest absolute Gasteiger partial charge is 0.255 e. The summed E-state index contributed by atoms with van der Waals surface area (Å²) in [5, 5.41) is 2.94. The summed E-state index contributed by atoms with van der Waals surface area (Å²) in [5.41, 5.74) is 5.66. The summed E-state index contributed by atoms with van der Waals surface area (Å²) >= 11 is 0. The Kier molecular flexibility index (Phi) is 13.8. The molecule has 0 bridgehead atoms. The average molecular weight is 422 g/mol. The summed E-state index contributed by atoms with van der Waals surface area (Å²) in [6.07, 6.45) is 1.00. The fraction of sp³-hybridized carbons (Fsp3) is 0.250. The van der Waals surface area contributed by atoms with Crippen molar-refractivity contribution in [3.05, 3.63) is 101 Å². The van der Waals surface area contributed by atoms with Crippen LogP contribution in [0.3, 0.4) is 0 Å². The molecule has 0 unspecified atom stereocenters. The molecule has 0 radical (unpaired) electrons. The Morgan fingerprint density at radius 3 is 2.06 bits per heavy atom. The minimum atomic E-state index is -0.116. The third-order valence-electron chi connectivity index (χ3n) is 4.23. The molecule has 1 amide bonds. The molecule has 0 aromatic heterocycles. The lowest BCUT2D eigenvalue weighted by Crippen LogP contribution is -2.12. The molecule has 168 valence electrons. The zero-order chi connectivity index (χ0) is 22.4. The molecular weight excluding hydrogens is 382 g/mol. The van der Waals surface area contributed by atoms with Crippen LogP contribution in [0.1, 0.15) is 70.1 Å². The maximum absolute atomic E-state index is 12.4. The number of carbonyl (C=O) groups excluding carboxylic acids is 1. The monoisotopic (exact) mass is 421 g/mol. The molecule has 0 aliphatic heterocycles. The van der Waals surface area contributed by atoms with E-state index in [4.69, 9.17) is 0 Å². The summed E-state index contributed by atoms with van der Waals surface area (Å²) in [7, 11) is 0. The lowest BCUT2D eigenvalue weighted by atomic mass is 10.1. The number of benzene rings is 3. The summed E-state index contributed by atoms with van der Waals surface area (Å²) < 4.78 is 0. The van der Waals surface area contributed by atoms with Gasteiger partial charge in [-0.1, -0.05) is 76.8 Å². The maximum Gasteiger partial charge on any atom is 0.255 e. The number of anilines is 1. The summed E-state index contributed by atoms with van der Waals surface area (Å²) in [6, 6.07) is 23.4. The lowest BCUT2D eigenvalue weighted by molar-refractivity contribution is 0.102. The first kappa shape index (κ1) is 27.7. The predicted molar refractivity (Wildman–Crippen MR) is 138 cm³/mol. The molecule has 0 saturated carbocycles. The standard InChI is InChI=1S/C24H21NO.2C2H6.H2O.2H2/c1-3-19-8-6-9-21(17-19)12-11-20-13-15-22(16-14-20)24(26)25-23-10-5-4-7-18(23)2;2*1-2;;;/h4-10,13-17H,3H2,1-2H3,(H,25,26);2*1-2H3;1H2;2*1H. The van der Waals surface area contributed by atoms with Gasteiger partial charge in [0.1, 0.15) is 0 Å². The molecular formula is C28H39NO2. The first-order valence-electron chi connectivity index (χ1n) is 10.7. The number of aryl methyl sites for hydroxylation is 2. The van der Waals surface area contributed by atoms with Crippen LogP contribution in [0.15, 0.2) is 72.8 Å². The van der Waals surface area contributed by atoms with Crippen molar-refractivity contribution in [2.75, 3.05) is 5.32 Å². The van der Waals surface area contributed by atoms with Crippen LogP contribution in [0.4, 0.5) is 5.69 Å². The molecule has 3 rings (SSSR count). The second-order valence-corrected chi connectivity index (χ2v) is 6.15. The average Bonchev–Trinajstić information content (AvgIpc) is 2.82. The molecule has 3 nitrogen and oxygen atoms in total. The molecule has 0 spiro atoms. The van der Waals surface area contributed by atoms with Gasteiger partial charge in [0.05, 0.1) is 0 Å². The second-order valence-electron chi connectivity index (χ2n) is 6.15. The lowest BCUT2D eigenvalue weighted by Gasteiger charge is -2.08. The zero-order valence-corrected chi connectivity index (χ0v) is 19.5. The zero-order valence-electron chi connectivity index (χ0n) is 19.5. The highest BCUT2D eigenvalue weighted by molar-refractivity contribution is 6.04. The Morgan fingerprint density at radius 2 is 1.45 bits per heavy atom. The van der Waals surface area contributed by atoms with E-state index < -0.39 is 0 Å². The molecule has 3 heteroatoms. The van der Waals surface area contributed by atoms with Crippen LogP contribution in [-0.4, -0.2) is 11.4 Å². The van der Waals surface area contributed by atoms with Gasteiger partial charge in [-0.2, -0.15) is 0 Å². The third-order valence-corrected chi connectivity index (χ3v) is 4.23. The van der Waals surface area contributed by atoms with Crippen LogP contribution in [0, 0.1) is 18.8 Å². The van der Waals surface area contributed by atoms with Gasteiger partial charge in [-0.3, -0.25) is 4.79 Å². The van der Waals surface area contributed by atoms with Crippen LogP contribution in [0.25, 0.3) is 0 Å². The van der Waals surface area contributed by atoms with Crippen LogP contribution in [0.2, 0.25) is 0 Å². The molecule has 0 aliphatic carbocycles. The molecule has 0 atom stereocenters. The minimum Gasteiger partial charge on any atom is -0.412 e. The van der Waals surface area contributed by atoms with E-state index in [0.29, 0.717) is 5.56 Å². The fourth-order valence-corrected chi connectivity index (χ4v) is 2.63. The number of nitrogens with one attached hydrogen (secondary N) is 1. The van der Waals surface area contributed by atoms with E-state index >= 15 is 0 Å². The largest absolute Gasteiger partial charge is 0.412 e. The number of hydrogen-bond donors (Lipinski definition) is 1. The van der Waals surface area contributed by atoms with Gasteiger partial charge in [-0.25, -0.2) is 0 Å². The van der Waals surface area contributed by atoms with E-state index in [1.54, 1.807) is 12.1 Å². The van der Waals surface area contributed by atoms with Gasteiger partial charge in [0.15, 0.2) is 0 Å². The number of rotatable bonds is 3. The predicted octanol–water partition coefficient (Wildman–Crippen LogP) is 6.93. The highest BCUT2D eigenvalue weighted by Crippen LogP contribution is 2.15. The fourth-order valence-electron chi connectivity index (χ4n) is 2.63. The van der Waals surface area contributed by atoms with Crippen molar-refractivity contribution < 1.29 is 13.1 Å². The van der Waals surface area contributed by atoms with Crippen molar-refractivity contribution >= 4 is 11.6 Å². The van der Waals surface area contributed by atoms with Crippen LogP contribution in [-0.2, 0) is 6.42 Å². The molecule has 0 saturated heterocycles. The topological polar surface area (TPSA) is 60.6 Å². The quantitative estimate of drug-likeness (QED) is 0.458. The van der Waals surface area contributed by atoms with Gasteiger partial charge >= 0.3 is 0 Å².